The Bertz CT molecular complexity index is 722. The number of methoxy groups -OCH3 is 1. The van der Waals surface area contributed by atoms with Crippen LogP contribution in [-0.2, 0) is 16.1 Å². The van der Waals surface area contributed by atoms with E-state index in [4.69, 9.17) is 4.74 Å². The zero-order valence-electron chi connectivity index (χ0n) is 14.9. The Hall–Kier alpha value is -2.55. The molecule has 2 aliphatic heterocycles. The van der Waals surface area contributed by atoms with E-state index in [2.05, 4.69) is 6.07 Å². The topological polar surface area (TPSA) is 73.6 Å². The SMILES string of the molecule is COc1ccc(CN2CC3(CC(C#N)CN3C(=O)C(C)C)C2=O)cc1. The molecule has 6 nitrogen and oxygen atoms in total. The molecule has 0 N–H and O–H groups in total. The summed E-state index contributed by atoms with van der Waals surface area (Å²) in [6.07, 6.45) is 0.444. The third kappa shape index (κ3) is 2.84. The van der Waals surface area contributed by atoms with E-state index in [1.54, 1.807) is 16.9 Å². The second-order valence-electron chi connectivity index (χ2n) is 7.17. The number of ether oxygens (including phenoxy) is 1. The van der Waals surface area contributed by atoms with Gasteiger partial charge < -0.3 is 14.5 Å². The van der Waals surface area contributed by atoms with E-state index in [0.29, 0.717) is 26.1 Å². The van der Waals surface area contributed by atoms with E-state index < -0.39 is 5.54 Å². The fourth-order valence-corrected chi connectivity index (χ4v) is 3.77. The van der Waals surface area contributed by atoms with Gasteiger partial charge in [-0.3, -0.25) is 9.59 Å². The van der Waals surface area contributed by atoms with Crippen molar-refractivity contribution in [2.45, 2.75) is 32.4 Å². The van der Waals surface area contributed by atoms with Gasteiger partial charge in [-0.15, -0.1) is 0 Å². The highest BCUT2D eigenvalue weighted by Gasteiger charge is 2.62. The van der Waals surface area contributed by atoms with Crippen molar-refractivity contribution < 1.29 is 14.3 Å². The molecule has 1 aromatic rings. The summed E-state index contributed by atoms with van der Waals surface area (Å²) in [5.74, 6) is 0.231. The van der Waals surface area contributed by atoms with Crippen LogP contribution in [0.5, 0.6) is 5.75 Å². The van der Waals surface area contributed by atoms with Crippen molar-refractivity contribution in [3.8, 4) is 11.8 Å². The maximum Gasteiger partial charge on any atom is 0.250 e. The molecule has 1 spiro atoms. The minimum atomic E-state index is -0.811. The third-order valence-electron chi connectivity index (χ3n) is 5.12. The highest BCUT2D eigenvalue weighted by molar-refractivity contribution is 5.97. The molecule has 0 aliphatic carbocycles. The highest BCUT2D eigenvalue weighted by atomic mass is 16.5. The zero-order valence-corrected chi connectivity index (χ0v) is 14.9. The number of benzene rings is 1. The molecule has 0 bridgehead atoms. The molecular formula is C19H23N3O3. The van der Waals surface area contributed by atoms with Gasteiger partial charge in [-0.05, 0) is 24.1 Å². The van der Waals surface area contributed by atoms with Crippen LogP contribution < -0.4 is 4.74 Å². The summed E-state index contributed by atoms with van der Waals surface area (Å²) in [6, 6.07) is 9.83. The average molecular weight is 341 g/mol. The van der Waals surface area contributed by atoms with Gasteiger partial charge in [0, 0.05) is 19.0 Å². The van der Waals surface area contributed by atoms with E-state index in [1.165, 1.54) is 0 Å². The Balaban J connectivity index is 1.74. The lowest BCUT2D eigenvalue weighted by Gasteiger charge is -2.51. The molecule has 0 saturated carbocycles. The molecule has 0 radical (unpaired) electrons. The van der Waals surface area contributed by atoms with Gasteiger partial charge in [0.1, 0.15) is 11.3 Å². The molecule has 2 heterocycles. The van der Waals surface area contributed by atoms with Crippen LogP contribution in [0.25, 0.3) is 0 Å². The normalized spacial score (nSPS) is 25.2. The minimum absolute atomic E-state index is 0.0461. The lowest BCUT2D eigenvalue weighted by Crippen LogP contribution is -2.72. The number of carbonyl (C=O) groups excluding carboxylic acids is 2. The van der Waals surface area contributed by atoms with Gasteiger partial charge in [0.2, 0.25) is 5.91 Å². The quantitative estimate of drug-likeness (QED) is 0.783. The van der Waals surface area contributed by atoms with Gasteiger partial charge in [0.15, 0.2) is 0 Å². The Labute approximate surface area is 148 Å². The molecule has 2 unspecified atom stereocenters. The van der Waals surface area contributed by atoms with Crippen LogP contribution in [0.15, 0.2) is 24.3 Å². The summed E-state index contributed by atoms with van der Waals surface area (Å²) in [5, 5.41) is 9.27. The predicted molar refractivity (Wildman–Crippen MR) is 91.4 cm³/mol. The predicted octanol–water partition coefficient (Wildman–Crippen LogP) is 1.80. The second-order valence-corrected chi connectivity index (χ2v) is 7.17. The summed E-state index contributed by atoms with van der Waals surface area (Å²) >= 11 is 0. The maximum absolute atomic E-state index is 12.9. The Kier molecular flexibility index (Phi) is 4.42. The van der Waals surface area contributed by atoms with E-state index in [-0.39, 0.29) is 23.7 Å². The molecule has 2 aliphatic rings. The number of nitrogens with zero attached hydrogens (tertiary/aromatic N) is 3. The van der Waals surface area contributed by atoms with Gasteiger partial charge in [0.05, 0.1) is 25.6 Å². The van der Waals surface area contributed by atoms with E-state index in [1.807, 2.05) is 38.1 Å². The molecular weight excluding hydrogens is 318 g/mol. The van der Waals surface area contributed by atoms with Crippen LogP contribution in [0.1, 0.15) is 25.8 Å². The van der Waals surface area contributed by atoms with E-state index >= 15 is 0 Å². The number of amides is 2. The first-order valence-corrected chi connectivity index (χ1v) is 8.54. The smallest absolute Gasteiger partial charge is 0.250 e. The number of β-lactam (4-membered cyclic amide) rings is 1. The first-order chi connectivity index (χ1) is 11.9. The van der Waals surface area contributed by atoms with Gasteiger partial charge in [0.25, 0.3) is 5.91 Å². The average Bonchev–Trinajstić information content (AvgIpc) is 3.02. The standard InChI is InChI=1S/C19H23N3O3/c1-13(2)17(23)22-11-15(9-20)8-19(22)12-21(18(19)24)10-14-4-6-16(25-3)7-5-14/h4-7,13,15H,8,10-12H2,1-3H3. The largest absolute Gasteiger partial charge is 0.497 e. The number of likely N-dealkylation sites (tertiary alicyclic amines) is 2. The second kappa shape index (κ2) is 6.40. The lowest BCUT2D eigenvalue weighted by atomic mass is 9.82. The van der Waals surface area contributed by atoms with Crippen LogP contribution in [0.2, 0.25) is 0 Å². The number of hydrogen-bond donors (Lipinski definition) is 0. The lowest BCUT2D eigenvalue weighted by molar-refractivity contribution is -0.169. The number of hydrogen-bond acceptors (Lipinski definition) is 4. The Morgan fingerprint density at radius 1 is 1.40 bits per heavy atom. The summed E-state index contributed by atoms with van der Waals surface area (Å²) in [5.41, 5.74) is 0.203. The van der Waals surface area contributed by atoms with Crippen molar-refractivity contribution in [1.82, 2.24) is 9.80 Å². The zero-order chi connectivity index (χ0) is 18.2. The fourth-order valence-electron chi connectivity index (χ4n) is 3.77. The molecule has 6 heteroatoms. The highest BCUT2D eigenvalue weighted by Crippen LogP contribution is 2.42. The van der Waals surface area contributed by atoms with E-state index in [9.17, 15) is 14.9 Å². The summed E-state index contributed by atoms with van der Waals surface area (Å²) in [7, 11) is 1.61. The Morgan fingerprint density at radius 3 is 2.60 bits per heavy atom. The van der Waals surface area contributed by atoms with Crippen molar-refractivity contribution in [2.75, 3.05) is 20.2 Å². The molecule has 25 heavy (non-hydrogen) atoms. The maximum atomic E-state index is 12.9. The van der Waals surface area contributed by atoms with Gasteiger partial charge in [-0.2, -0.15) is 5.26 Å². The third-order valence-corrected chi connectivity index (χ3v) is 5.12. The summed E-state index contributed by atoms with van der Waals surface area (Å²) < 4.78 is 5.14. The molecule has 132 valence electrons. The van der Waals surface area contributed by atoms with Crippen LogP contribution in [0.4, 0.5) is 0 Å². The van der Waals surface area contributed by atoms with Crippen LogP contribution in [0, 0.1) is 23.2 Å². The number of rotatable bonds is 4. The minimum Gasteiger partial charge on any atom is -0.497 e. The van der Waals surface area contributed by atoms with Crippen LogP contribution in [0.3, 0.4) is 0 Å². The number of nitriles is 1. The van der Waals surface area contributed by atoms with Crippen molar-refractivity contribution in [3.05, 3.63) is 29.8 Å². The van der Waals surface area contributed by atoms with E-state index in [0.717, 1.165) is 11.3 Å². The summed E-state index contributed by atoms with van der Waals surface area (Å²) in [4.78, 5) is 28.8. The Morgan fingerprint density at radius 2 is 2.08 bits per heavy atom. The van der Waals surface area contributed by atoms with Crippen molar-refractivity contribution in [1.29, 1.82) is 5.26 Å². The van der Waals surface area contributed by atoms with Crippen molar-refractivity contribution in [3.63, 3.8) is 0 Å². The van der Waals surface area contributed by atoms with Crippen molar-refractivity contribution in [2.24, 2.45) is 11.8 Å². The van der Waals surface area contributed by atoms with Crippen molar-refractivity contribution >= 4 is 11.8 Å². The number of carbonyl (C=O) groups is 2. The molecule has 2 amide bonds. The van der Waals surface area contributed by atoms with Gasteiger partial charge in [-0.1, -0.05) is 26.0 Å². The first-order valence-electron chi connectivity index (χ1n) is 8.54. The molecule has 1 aromatic carbocycles. The summed E-state index contributed by atoms with van der Waals surface area (Å²) in [6.45, 7) is 5.01. The molecule has 2 fully saturated rings. The van der Waals surface area contributed by atoms with Crippen LogP contribution >= 0.6 is 0 Å². The van der Waals surface area contributed by atoms with Crippen LogP contribution in [-0.4, -0.2) is 47.4 Å². The van der Waals surface area contributed by atoms with Gasteiger partial charge >= 0.3 is 0 Å². The molecule has 2 atom stereocenters. The van der Waals surface area contributed by atoms with Gasteiger partial charge in [-0.25, -0.2) is 0 Å². The molecule has 2 saturated heterocycles. The monoisotopic (exact) mass is 341 g/mol. The molecule has 0 aromatic heterocycles. The molecule has 3 rings (SSSR count). The first kappa shape index (κ1) is 17.3. The fraction of sp³-hybridized carbons (Fsp3) is 0.526.